The molecule has 1 aromatic heterocycles. The number of carbonyl (C=O) groups is 5. The van der Waals surface area contributed by atoms with Crippen LogP contribution in [0.4, 0.5) is 11.4 Å². The molecule has 3 aromatic rings. The molecule has 4 fully saturated rings. The van der Waals surface area contributed by atoms with Crippen molar-refractivity contribution >= 4 is 64.0 Å². The van der Waals surface area contributed by atoms with E-state index in [1.54, 1.807) is 41.6 Å². The molecule has 1 saturated carbocycles. The van der Waals surface area contributed by atoms with Crippen LogP contribution in [0.1, 0.15) is 69.8 Å². The van der Waals surface area contributed by atoms with E-state index in [0.29, 0.717) is 55.3 Å². The Morgan fingerprint density at radius 2 is 1.58 bits per heavy atom. The number of piperazine rings is 1. The van der Waals surface area contributed by atoms with Gasteiger partial charge in [-0.2, -0.15) is 5.10 Å². The number of para-hydroxylation sites is 3. The summed E-state index contributed by atoms with van der Waals surface area (Å²) in [6.45, 7) is 4.77. The fourth-order valence-corrected chi connectivity index (χ4v) is 7.84. The van der Waals surface area contributed by atoms with Gasteiger partial charge >= 0.3 is 11.9 Å². The minimum atomic E-state index is -0.737. The maximum Gasteiger partial charge on any atom is 0.349 e. The number of amides is 3. The number of carbonyl (C=O) groups excluding carboxylic acids is 5. The third-order valence-electron chi connectivity index (χ3n) is 11.0. The first-order chi connectivity index (χ1) is 31.0. The molecule has 2 aromatic carbocycles. The number of esters is 2. The van der Waals surface area contributed by atoms with Gasteiger partial charge in [-0.3, -0.25) is 34.3 Å². The maximum absolute atomic E-state index is 13.1. The molecule has 0 bridgehead atoms. The zero-order valence-electron chi connectivity index (χ0n) is 36.5. The van der Waals surface area contributed by atoms with E-state index in [1.807, 2.05) is 29.2 Å². The van der Waals surface area contributed by atoms with Crippen LogP contribution in [0.2, 0.25) is 0 Å². The van der Waals surface area contributed by atoms with Crippen molar-refractivity contribution < 1.29 is 38.2 Å². The van der Waals surface area contributed by atoms with Crippen molar-refractivity contribution in [1.29, 1.82) is 0 Å². The number of halogens is 1. The molecule has 8 N–H and O–H groups in total. The Bertz CT molecular complexity index is 2070. The number of nitrogens with zero attached hydrogens (tertiary/aromatic N) is 5. The Labute approximate surface area is 379 Å². The third kappa shape index (κ3) is 14.7. The second kappa shape index (κ2) is 25.3. The average molecular weight is 905 g/mol. The quantitative estimate of drug-likeness (QED) is 0.0642. The molecule has 1 aliphatic carbocycles. The summed E-state index contributed by atoms with van der Waals surface area (Å²) in [6, 6.07) is 15.1. The number of piperidine rings is 1. The van der Waals surface area contributed by atoms with Crippen molar-refractivity contribution in [3.05, 3.63) is 78.4 Å². The molecule has 0 radical (unpaired) electrons. The number of benzene rings is 2. The number of rotatable bonds is 10. The SMILES string of the molecule is CCl.NC(N)=C(/C=C(\N)c1ccccc1OC(=O)COC(=O)CN1CCCC1)n1cc(N2CCN(C3CCCCC3)CC2=O)cn1.O=C1CCCC(=O)N1.c1ccc2c(c1)NCCO2. The lowest BCUT2D eigenvalue weighted by Crippen LogP contribution is -2.54. The molecular formula is C45H61ClN10O8. The Hall–Kier alpha value is -6.11. The van der Waals surface area contributed by atoms with E-state index in [0.717, 1.165) is 69.9 Å². The van der Waals surface area contributed by atoms with Crippen LogP contribution >= 0.6 is 11.6 Å². The van der Waals surface area contributed by atoms with Crippen molar-refractivity contribution in [1.82, 2.24) is 24.9 Å². The number of nitrogens with one attached hydrogen (secondary N) is 2. The first-order valence-electron chi connectivity index (χ1n) is 21.7. The van der Waals surface area contributed by atoms with Crippen LogP contribution in [0.15, 0.2) is 72.8 Å². The molecule has 5 heterocycles. The molecule has 3 amide bonds. The van der Waals surface area contributed by atoms with Gasteiger partial charge in [0, 0.05) is 56.2 Å². The van der Waals surface area contributed by atoms with Gasteiger partial charge in [0.1, 0.15) is 29.6 Å². The molecule has 18 nitrogen and oxygen atoms in total. The summed E-state index contributed by atoms with van der Waals surface area (Å²) in [4.78, 5) is 64.4. The zero-order valence-corrected chi connectivity index (χ0v) is 37.2. The van der Waals surface area contributed by atoms with E-state index in [1.165, 1.54) is 36.4 Å². The van der Waals surface area contributed by atoms with E-state index in [2.05, 4.69) is 32.2 Å². The molecule has 0 unspecified atom stereocenters. The summed E-state index contributed by atoms with van der Waals surface area (Å²) in [5, 5.41) is 9.84. The van der Waals surface area contributed by atoms with Gasteiger partial charge in [0.15, 0.2) is 6.61 Å². The lowest BCUT2D eigenvalue weighted by molar-refractivity contribution is -0.154. The van der Waals surface area contributed by atoms with Crippen molar-refractivity contribution in [2.75, 3.05) is 75.6 Å². The number of likely N-dealkylation sites (tertiary alicyclic amines) is 1. The van der Waals surface area contributed by atoms with Crippen LogP contribution in [0.5, 0.6) is 11.5 Å². The third-order valence-corrected chi connectivity index (χ3v) is 11.0. The van der Waals surface area contributed by atoms with Crippen molar-refractivity contribution in [2.45, 2.75) is 70.3 Å². The topological polar surface area (TPSA) is 243 Å². The van der Waals surface area contributed by atoms with Gasteiger partial charge < -0.3 is 41.6 Å². The lowest BCUT2D eigenvalue weighted by Gasteiger charge is -2.39. The summed E-state index contributed by atoms with van der Waals surface area (Å²) in [7, 11) is 0. The second-order valence-electron chi connectivity index (χ2n) is 15.6. The zero-order chi connectivity index (χ0) is 45.8. The minimum Gasteiger partial charge on any atom is -0.490 e. The highest BCUT2D eigenvalue weighted by Crippen LogP contribution is 2.28. The smallest absolute Gasteiger partial charge is 0.349 e. The van der Waals surface area contributed by atoms with Gasteiger partial charge in [0.05, 0.1) is 36.9 Å². The van der Waals surface area contributed by atoms with Gasteiger partial charge in [-0.05, 0) is 75.5 Å². The number of imide groups is 1. The number of ether oxygens (including phenoxy) is 3. The first kappa shape index (κ1) is 48.9. The van der Waals surface area contributed by atoms with Gasteiger partial charge in [-0.15, -0.1) is 11.6 Å². The predicted molar refractivity (Wildman–Crippen MR) is 245 cm³/mol. The van der Waals surface area contributed by atoms with Crippen molar-refractivity contribution in [3.63, 3.8) is 0 Å². The molecule has 0 spiro atoms. The predicted octanol–water partition coefficient (Wildman–Crippen LogP) is 3.61. The van der Waals surface area contributed by atoms with Crippen molar-refractivity contribution in [2.24, 2.45) is 17.2 Å². The molecule has 3 saturated heterocycles. The molecule has 64 heavy (non-hydrogen) atoms. The molecule has 5 aliphatic rings. The summed E-state index contributed by atoms with van der Waals surface area (Å²) < 4.78 is 17.4. The Morgan fingerprint density at radius 3 is 2.25 bits per heavy atom. The van der Waals surface area contributed by atoms with Crippen LogP contribution in [-0.4, -0.2) is 121 Å². The summed E-state index contributed by atoms with van der Waals surface area (Å²) in [6.07, 6.45) is 16.1. The number of nitrogens with two attached hydrogens (primary N) is 3. The highest BCUT2D eigenvalue weighted by Gasteiger charge is 2.31. The number of anilines is 2. The van der Waals surface area contributed by atoms with Gasteiger partial charge in [-0.25, -0.2) is 9.48 Å². The molecule has 19 heteroatoms. The number of hydrogen-bond acceptors (Lipinski definition) is 15. The average Bonchev–Trinajstić information content (AvgIpc) is 4.02. The van der Waals surface area contributed by atoms with E-state index in [9.17, 15) is 24.0 Å². The molecule has 346 valence electrons. The first-order valence-corrected chi connectivity index (χ1v) is 22.5. The van der Waals surface area contributed by atoms with Gasteiger partial charge in [0.2, 0.25) is 17.7 Å². The van der Waals surface area contributed by atoms with Crippen LogP contribution < -0.4 is 42.2 Å². The number of allylic oxidation sites excluding steroid dienone is 2. The molecular weight excluding hydrogens is 844 g/mol. The normalized spacial score (nSPS) is 17.9. The highest BCUT2D eigenvalue weighted by atomic mass is 35.5. The second-order valence-corrected chi connectivity index (χ2v) is 15.6. The van der Waals surface area contributed by atoms with Crippen LogP contribution in [0, 0.1) is 0 Å². The van der Waals surface area contributed by atoms with Crippen LogP contribution in [0.3, 0.4) is 0 Å². The van der Waals surface area contributed by atoms with Crippen molar-refractivity contribution in [3.8, 4) is 11.5 Å². The Balaban J connectivity index is 0.000000313. The Kier molecular flexibility index (Phi) is 19.3. The number of hydrogen-bond donors (Lipinski definition) is 5. The van der Waals surface area contributed by atoms with Crippen LogP contribution in [0.25, 0.3) is 11.4 Å². The molecule has 4 aliphatic heterocycles. The molecule has 8 rings (SSSR count). The Morgan fingerprint density at radius 1 is 0.875 bits per heavy atom. The number of fused-ring (bicyclic) bond motifs is 1. The molecule has 0 atom stereocenters. The van der Waals surface area contributed by atoms with E-state index < -0.39 is 18.5 Å². The minimum absolute atomic E-state index is 0.0279. The van der Waals surface area contributed by atoms with Gasteiger partial charge in [0.25, 0.3) is 0 Å². The summed E-state index contributed by atoms with van der Waals surface area (Å²) in [5.74, 6) is -0.360. The monoisotopic (exact) mass is 904 g/mol. The lowest BCUT2D eigenvalue weighted by atomic mass is 9.94. The highest BCUT2D eigenvalue weighted by molar-refractivity contribution is 6.15. The largest absolute Gasteiger partial charge is 0.490 e. The fraction of sp³-hybridized carbons (Fsp3) is 0.467. The maximum atomic E-state index is 13.1. The van der Waals surface area contributed by atoms with Crippen LogP contribution in [-0.2, 0) is 28.7 Å². The van der Waals surface area contributed by atoms with Gasteiger partial charge in [-0.1, -0.05) is 43.5 Å². The number of alkyl halides is 1. The summed E-state index contributed by atoms with van der Waals surface area (Å²) in [5.41, 5.74) is 21.1. The standard InChI is InChI=1S/C31H42N8O5.C8H9NO.C5H7NO2.CH3Cl/c32-25(24-10-4-5-11-27(24)44-30(42)21-43-29(41)20-36-12-6-7-13-36)16-26(31(33)34)39-18-23(17-35-39)38-15-14-37(19-28(38)40)22-8-2-1-3-9-22;1-2-4-8-7(3-1)9-5-6-10-8;7-4-2-1-3-5(8)6-4;1-2/h4-5,10-11,16-18,22H,1-3,6-9,12-15,19-21,32-34H2;1-4,9H,5-6H2;1-3H2,(H,6,7,8);1H3/b25-16-;;;. The number of aromatic nitrogens is 2. The van der Waals surface area contributed by atoms with E-state index in [4.69, 9.17) is 31.4 Å². The van der Waals surface area contributed by atoms with E-state index >= 15 is 0 Å². The fourth-order valence-electron chi connectivity index (χ4n) is 7.84. The summed E-state index contributed by atoms with van der Waals surface area (Å²) >= 11 is 4.64. The van der Waals surface area contributed by atoms with E-state index in [-0.39, 0.29) is 41.5 Å².